The molecule has 0 atom stereocenters. The number of imide groups is 1. The molecule has 2 fully saturated rings. The highest BCUT2D eigenvalue weighted by atomic mass is 16.5. The maximum absolute atomic E-state index is 12.9. The second-order valence-electron chi connectivity index (χ2n) is 8.77. The summed E-state index contributed by atoms with van der Waals surface area (Å²) in [6.45, 7) is 1.11. The van der Waals surface area contributed by atoms with Crippen LogP contribution < -0.4 is 9.64 Å². The molecule has 0 radical (unpaired) electrons. The minimum atomic E-state index is -0.284. The second-order valence-corrected chi connectivity index (χ2v) is 8.77. The number of ether oxygens (including phenoxy) is 1. The molecule has 35 heavy (non-hydrogen) atoms. The Morgan fingerprint density at radius 3 is 2.06 bits per heavy atom. The molecule has 3 aromatic carbocycles. The van der Waals surface area contributed by atoms with E-state index in [1.54, 1.807) is 21.9 Å². The highest BCUT2D eigenvalue weighted by Crippen LogP contribution is 2.27. The summed E-state index contributed by atoms with van der Waals surface area (Å²) >= 11 is 0. The van der Waals surface area contributed by atoms with Gasteiger partial charge >= 0.3 is 6.03 Å². The SMILES string of the molecule is O=C(COc1ccc(-c2ccccc2)cc1)N1CCC(N2CC(=O)N(c3ccccc3)C2=O)CC1. The number of carbonyl (C=O) groups is 3. The standard InChI is InChI=1S/C28H27N3O4/c32-26-19-30(28(34)31(26)24-9-5-2-6-10-24)23-15-17-29(18-16-23)27(33)20-35-25-13-11-22(12-14-25)21-7-3-1-4-8-21/h1-14,23H,15-20H2. The molecule has 178 valence electrons. The van der Waals surface area contributed by atoms with E-state index in [9.17, 15) is 14.4 Å². The Bertz CT molecular complexity index is 1190. The number of likely N-dealkylation sites (tertiary alicyclic amines) is 1. The van der Waals surface area contributed by atoms with Crippen LogP contribution in [0.1, 0.15) is 12.8 Å². The summed E-state index contributed by atoms with van der Waals surface area (Å²) in [5, 5.41) is 0. The van der Waals surface area contributed by atoms with Crippen molar-refractivity contribution in [3.63, 3.8) is 0 Å². The van der Waals surface area contributed by atoms with Crippen molar-refractivity contribution in [1.29, 1.82) is 0 Å². The molecule has 0 unspecified atom stereocenters. The molecule has 2 saturated heterocycles. The molecule has 0 saturated carbocycles. The Hall–Kier alpha value is -4.13. The Morgan fingerprint density at radius 2 is 1.40 bits per heavy atom. The molecule has 7 nitrogen and oxygen atoms in total. The maximum Gasteiger partial charge on any atom is 0.332 e. The van der Waals surface area contributed by atoms with E-state index in [0.717, 1.165) is 11.1 Å². The maximum atomic E-state index is 12.9. The molecule has 2 aliphatic heterocycles. The van der Waals surface area contributed by atoms with Crippen molar-refractivity contribution in [2.75, 3.05) is 31.1 Å². The van der Waals surface area contributed by atoms with Gasteiger partial charge in [0, 0.05) is 19.1 Å². The number of para-hydroxylation sites is 1. The van der Waals surface area contributed by atoms with E-state index >= 15 is 0 Å². The van der Waals surface area contributed by atoms with Gasteiger partial charge < -0.3 is 14.5 Å². The third kappa shape index (κ3) is 4.89. The molecular formula is C28H27N3O4. The van der Waals surface area contributed by atoms with Crippen LogP contribution in [0.3, 0.4) is 0 Å². The van der Waals surface area contributed by atoms with Crippen molar-refractivity contribution >= 4 is 23.5 Å². The predicted molar refractivity (Wildman–Crippen MR) is 133 cm³/mol. The van der Waals surface area contributed by atoms with Crippen LogP contribution in [0.25, 0.3) is 11.1 Å². The van der Waals surface area contributed by atoms with Gasteiger partial charge in [-0.25, -0.2) is 9.69 Å². The average molecular weight is 470 g/mol. The molecule has 7 heteroatoms. The van der Waals surface area contributed by atoms with Crippen LogP contribution in [0.5, 0.6) is 5.75 Å². The van der Waals surface area contributed by atoms with Gasteiger partial charge in [0.05, 0.1) is 5.69 Å². The lowest BCUT2D eigenvalue weighted by atomic mass is 10.0. The van der Waals surface area contributed by atoms with Gasteiger partial charge in [-0.05, 0) is 48.2 Å². The monoisotopic (exact) mass is 469 g/mol. The lowest BCUT2D eigenvalue weighted by Gasteiger charge is -2.36. The zero-order chi connectivity index (χ0) is 24.2. The van der Waals surface area contributed by atoms with Gasteiger partial charge in [0.1, 0.15) is 12.3 Å². The van der Waals surface area contributed by atoms with E-state index in [2.05, 4.69) is 0 Å². The number of benzene rings is 3. The summed E-state index contributed by atoms with van der Waals surface area (Å²) in [5.74, 6) is 0.354. The highest BCUT2D eigenvalue weighted by Gasteiger charge is 2.41. The molecule has 0 spiro atoms. The van der Waals surface area contributed by atoms with Gasteiger partial charge in [-0.15, -0.1) is 0 Å². The van der Waals surface area contributed by atoms with Crippen LogP contribution in [0, 0.1) is 0 Å². The van der Waals surface area contributed by atoms with Crippen LogP contribution >= 0.6 is 0 Å². The first-order valence-electron chi connectivity index (χ1n) is 11.8. The Kier molecular flexibility index (Phi) is 6.48. The fourth-order valence-electron chi connectivity index (χ4n) is 4.67. The fourth-order valence-corrected chi connectivity index (χ4v) is 4.67. The third-order valence-corrected chi connectivity index (χ3v) is 6.59. The number of amides is 4. The first kappa shape index (κ1) is 22.7. The Labute approximate surface area is 204 Å². The second kappa shape index (κ2) is 10.0. The fraction of sp³-hybridized carbons (Fsp3) is 0.250. The van der Waals surface area contributed by atoms with Crippen molar-refractivity contribution in [3.05, 3.63) is 84.9 Å². The van der Waals surface area contributed by atoms with Gasteiger partial charge in [-0.3, -0.25) is 9.59 Å². The number of carbonyl (C=O) groups excluding carboxylic acids is 3. The van der Waals surface area contributed by atoms with Crippen LogP contribution in [0.4, 0.5) is 10.5 Å². The van der Waals surface area contributed by atoms with Gasteiger partial charge in [-0.1, -0.05) is 60.7 Å². The summed E-state index contributed by atoms with van der Waals surface area (Å²) in [7, 11) is 0. The summed E-state index contributed by atoms with van der Waals surface area (Å²) in [6, 6.07) is 26.4. The van der Waals surface area contributed by atoms with E-state index in [-0.39, 0.29) is 37.0 Å². The molecule has 2 heterocycles. The molecule has 2 aliphatic rings. The van der Waals surface area contributed by atoms with E-state index in [1.165, 1.54) is 4.90 Å². The number of piperidine rings is 1. The minimum absolute atomic E-state index is 0.0295. The number of anilines is 1. The van der Waals surface area contributed by atoms with Crippen LogP contribution in [-0.2, 0) is 9.59 Å². The molecule has 0 aromatic heterocycles. The summed E-state index contributed by atoms with van der Waals surface area (Å²) in [6.07, 6.45) is 1.28. The quantitative estimate of drug-likeness (QED) is 0.508. The Morgan fingerprint density at radius 1 is 0.800 bits per heavy atom. The van der Waals surface area contributed by atoms with Crippen LogP contribution in [0.15, 0.2) is 84.9 Å². The van der Waals surface area contributed by atoms with Gasteiger partial charge in [0.2, 0.25) is 0 Å². The predicted octanol–water partition coefficient (Wildman–Crippen LogP) is 4.19. The molecule has 3 aromatic rings. The first-order valence-corrected chi connectivity index (χ1v) is 11.8. The van der Waals surface area contributed by atoms with E-state index in [1.807, 2.05) is 72.8 Å². The van der Waals surface area contributed by atoms with Gasteiger partial charge in [-0.2, -0.15) is 0 Å². The molecule has 4 amide bonds. The molecular weight excluding hydrogens is 442 g/mol. The zero-order valence-corrected chi connectivity index (χ0v) is 19.4. The molecule has 0 aliphatic carbocycles. The number of rotatable bonds is 6. The number of nitrogens with zero attached hydrogens (tertiary/aromatic N) is 3. The zero-order valence-electron chi connectivity index (χ0n) is 19.4. The molecule has 0 N–H and O–H groups in total. The van der Waals surface area contributed by atoms with Crippen molar-refractivity contribution in [2.24, 2.45) is 0 Å². The first-order chi connectivity index (χ1) is 17.1. The third-order valence-electron chi connectivity index (χ3n) is 6.59. The van der Waals surface area contributed by atoms with E-state index in [4.69, 9.17) is 4.74 Å². The van der Waals surface area contributed by atoms with Gasteiger partial charge in [0.25, 0.3) is 11.8 Å². The van der Waals surface area contributed by atoms with E-state index in [0.29, 0.717) is 37.4 Å². The van der Waals surface area contributed by atoms with Crippen molar-refractivity contribution in [1.82, 2.24) is 9.80 Å². The smallest absolute Gasteiger partial charge is 0.332 e. The van der Waals surface area contributed by atoms with Crippen molar-refractivity contribution in [2.45, 2.75) is 18.9 Å². The molecule has 0 bridgehead atoms. The van der Waals surface area contributed by atoms with Gasteiger partial charge in [0.15, 0.2) is 6.61 Å². The van der Waals surface area contributed by atoms with Crippen molar-refractivity contribution in [3.8, 4) is 16.9 Å². The average Bonchev–Trinajstić information content (AvgIpc) is 3.22. The molecule has 5 rings (SSSR count). The number of urea groups is 1. The Balaban J connectivity index is 1.11. The summed E-state index contributed by atoms with van der Waals surface area (Å²) in [5.41, 5.74) is 2.81. The number of hydrogen-bond donors (Lipinski definition) is 0. The van der Waals surface area contributed by atoms with Crippen LogP contribution in [0.2, 0.25) is 0 Å². The largest absolute Gasteiger partial charge is 0.484 e. The lowest BCUT2D eigenvalue weighted by Crippen LogP contribution is -2.49. The topological polar surface area (TPSA) is 70.2 Å². The minimum Gasteiger partial charge on any atom is -0.484 e. The number of hydrogen-bond acceptors (Lipinski definition) is 4. The highest BCUT2D eigenvalue weighted by molar-refractivity contribution is 6.19. The normalized spacial score (nSPS) is 16.6. The van der Waals surface area contributed by atoms with E-state index < -0.39 is 0 Å². The van der Waals surface area contributed by atoms with Crippen LogP contribution in [-0.4, -0.2) is 59.9 Å². The summed E-state index contributed by atoms with van der Waals surface area (Å²) in [4.78, 5) is 42.8. The lowest BCUT2D eigenvalue weighted by molar-refractivity contribution is -0.134. The summed E-state index contributed by atoms with van der Waals surface area (Å²) < 4.78 is 5.73. The van der Waals surface area contributed by atoms with Crippen molar-refractivity contribution < 1.29 is 19.1 Å².